The van der Waals surface area contributed by atoms with Crippen LogP contribution in [0.5, 0.6) is 0 Å². The number of hydrogen-bond donors (Lipinski definition) is 1. The predicted molar refractivity (Wildman–Crippen MR) is 112 cm³/mol. The second-order valence-corrected chi connectivity index (χ2v) is 6.94. The lowest BCUT2D eigenvalue weighted by Crippen LogP contribution is -2.24. The van der Waals surface area contributed by atoms with Crippen molar-refractivity contribution in [1.82, 2.24) is 19.3 Å². The third-order valence-corrected chi connectivity index (χ3v) is 4.99. The lowest BCUT2D eigenvalue weighted by Gasteiger charge is -2.10. The zero-order valence-electron chi connectivity index (χ0n) is 16.0. The maximum absolute atomic E-state index is 13.0. The number of aromatic nitrogens is 3. The summed E-state index contributed by atoms with van der Waals surface area (Å²) in [6, 6.07) is 20.3. The van der Waals surface area contributed by atoms with Crippen LogP contribution < -0.4 is 10.9 Å². The lowest BCUT2D eigenvalue weighted by atomic mass is 10.2. The summed E-state index contributed by atoms with van der Waals surface area (Å²) in [6.07, 6.45) is 3.49. The molecular weight excluding hydrogens is 380 g/mol. The number of carbonyl (C=O) groups is 1. The van der Waals surface area contributed by atoms with Gasteiger partial charge in [0.15, 0.2) is 11.4 Å². The normalized spacial score (nSPS) is 11.2. The van der Waals surface area contributed by atoms with Crippen molar-refractivity contribution < 1.29 is 9.21 Å². The quantitative estimate of drug-likeness (QED) is 0.493. The third kappa shape index (κ3) is 3.16. The Morgan fingerprint density at radius 1 is 0.967 bits per heavy atom. The van der Waals surface area contributed by atoms with Gasteiger partial charge < -0.3 is 14.1 Å². The van der Waals surface area contributed by atoms with E-state index in [0.717, 1.165) is 11.1 Å². The largest absolute Gasteiger partial charge is 0.454 e. The molecule has 30 heavy (non-hydrogen) atoms. The minimum atomic E-state index is -0.303. The van der Waals surface area contributed by atoms with Crippen LogP contribution >= 0.6 is 0 Å². The van der Waals surface area contributed by atoms with Crippen molar-refractivity contribution >= 4 is 22.6 Å². The van der Waals surface area contributed by atoms with Crippen LogP contribution in [0.3, 0.4) is 0 Å². The second-order valence-electron chi connectivity index (χ2n) is 6.94. The molecule has 0 aliphatic carbocycles. The Hall–Kier alpha value is -4.13. The number of furan rings is 1. The van der Waals surface area contributed by atoms with Gasteiger partial charge in [-0.2, -0.15) is 0 Å². The van der Waals surface area contributed by atoms with Gasteiger partial charge in [-0.1, -0.05) is 30.3 Å². The molecule has 1 N–H and O–H groups in total. The molecule has 0 saturated carbocycles. The molecule has 0 fully saturated rings. The predicted octanol–water partition coefficient (Wildman–Crippen LogP) is 3.22. The Kier molecular flexibility index (Phi) is 4.40. The van der Waals surface area contributed by atoms with Crippen LogP contribution in [0.25, 0.3) is 16.7 Å². The summed E-state index contributed by atoms with van der Waals surface area (Å²) in [5.41, 5.74) is 2.77. The van der Waals surface area contributed by atoms with Gasteiger partial charge in [0.25, 0.3) is 11.5 Å². The van der Waals surface area contributed by atoms with E-state index in [4.69, 9.17) is 4.42 Å². The molecule has 5 rings (SSSR count). The molecule has 0 radical (unpaired) electrons. The molecular formula is C23H18N4O3. The van der Waals surface area contributed by atoms with Crippen molar-refractivity contribution in [2.24, 2.45) is 0 Å². The minimum absolute atomic E-state index is 0.169. The number of fused-ring (bicyclic) bond motifs is 3. The average Bonchev–Trinajstić information content (AvgIpc) is 3.46. The summed E-state index contributed by atoms with van der Waals surface area (Å²) in [5, 5.41) is 2.84. The molecule has 7 nitrogen and oxygen atoms in total. The lowest BCUT2D eigenvalue weighted by molar-refractivity contribution is 0.0921. The van der Waals surface area contributed by atoms with Gasteiger partial charge in [-0.3, -0.25) is 14.2 Å². The Bertz CT molecular complexity index is 1410. The molecule has 148 valence electrons. The molecule has 0 aliphatic rings. The molecule has 4 heterocycles. The van der Waals surface area contributed by atoms with Crippen molar-refractivity contribution in [1.29, 1.82) is 0 Å². The van der Waals surface area contributed by atoms with Crippen LogP contribution in [-0.2, 0) is 13.1 Å². The monoisotopic (exact) mass is 398 g/mol. The van der Waals surface area contributed by atoms with E-state index >= 15 is 0 Å². The number of benzene rings is 1. The number of pyridine rings is 1. The van der Waals surface area contributed by atoms with Gasteiger partial charge in [-0.15, -0.1) is 0 Å². The van der Waals surface area contributed by atoms with E-state index in [9.17, 15) is 9.59 Å². The molecule has 0 aliphatic heterocycles. The van der Waals surface area contributed by atoms with Crippen molar-refractivity contribution in [3.8, 4) is 0 Å². The Morgan fingerprint density at radius 3 is 2.67 bits per heavy atom. The summed E-state index contributed by atoms with van der Waals surface area (Å²) in [7, 11) is 0. The Balaban J connectivity index is 1.42. The molecule has 7 heteroatoms. The van der Waals surface area contributed by atoms with E-state index in [1.54, 1.807) is 29.0 Å². The van der Waals surface area contributed by atoms with Crippen molar-refractivity contribution in [3.63, 3.8) is 0 Å². The van der Waals surface area contributed by atoms with Gasteiger partial charge in [-0.25, -0.2) is 4.98 Å². The van der Waals surface area contributed by atoms with Crippen LogP contribution in [0.4, 0.5) is 0 Å². The topological polar surface area (TPSA) is 81.5 Å². The highest BCUT2D eigenvalue weighted by Crippen LogP contribution is 2.16. The van der Waals surface area contributed by atoms with Gasteiger partial charge in [0.05, 0.1) is 12.1 Å². The first-order valence-electron chi connectivity index (χ1n) is 9.56. The standard InChI is InChI=1S/C23H18N4O3/c28-22(25-14-16-6-2-1-3-7-16)20-11-10-17(30-20)15-27-21-18(8-4-12-24-21)26-13-5-9-19(26)23(27)29/h1-13H,14-15H2,(H,25,28). The second kappa shape index (κ2) is 7.36. The highest BCUT2D eigenvalue weighted by molar-refractivity contribution is 5.91. The maximum Gasteiger partial charge on any atom is 0.287 e. The van der Waals surface area contributed by atoms with E-state index in [2.05, 4.69) is 10.3 Å². The van der Waals surface area contributed by atoms with Gasteiger partial charge >= 0.3 is 0 Å². The summed E-state index contributed by atoms with van der Waals surface area (Å²) >= 11 is 0. The first-order chi connectivity index (χ1) is 14.7. The van der Waals surface area contributed by atoms with E-state index < -0.39 is 0 Å². The fraction of sp³-hybridized carbons (Fsp3) is 0.0870. The van der Waals surface area contributed by atoms with Crippen molar-refractivity contribution in [3.05, 3.63) is 107 Å². The van der Waals surface area contributed by atoms with Crippen molar-refractivity contribution in [2.75, 3.05) is 0 Å². The molecule has 4 aromatic heterocycles. The van der Waals surface area contributed by atoms with Gasteiger partial charge in [0.1, 0.15) is 11.3 Å². The molecule has 5 aromatic rings. The average molecular weight is 398 g/mol. The number of nitrogens with one attached hydrogen (secondary N) is 1. The van der Waals surface area contributed by atoms with E-state index in [0.29, 0.717) is 23.5 Å². The van der Waals surface area contributed by atoms with Crippen LogP contribution in [-0.4, -0.2) is 19.9 Å². The Labute approximate surface area is 171 Å². The number of carbonyl (C=O) groups excluding carboxylic acids is 1. The fourth-order valence-corrected chi connectivity index (χ4v) is 3.54. The summed E-state index contributed by atoms with van der Waals surface area (Å²) in [6.45, 7) is 0.592. The van der Waals surface area contributed by atoms with Gasteiger partial charge in [0, 0.05) is 18.9 Å². The highest BCUT2D eigenvalue weighted by atomic mass is 16.4. The molecule has 1 aromatic carbocycles. The molecule has 0 saturated heterocycles. The van der Waals surface area contributed by atoms with Gasteiger partial charge in [0.2, 0.25) is 0 Å². The Morgan fingerprint density at radius 2 is 1.80 bits per heavy atom. The molecule has 0 spiro atoms. The summed E-state index contributed by atoms with van der Waals surface area (Å²) in [4.78, 5) is 29.8. The van der Waals surface area contributed by atoms with Crippen LogP contribution in [0.2, 0.25) is 0 Å². The summed E-state index contributed by atoms with van der Waals surface area (Å²) in [5.74, 6) is 0.405. The summed E-state index contributed by atoms with van der Waals surface area (Å²) < 4.78 is 9.12. The van der Waals surface area contributed by atoms with E-state index in [1.807, 2.05) is 59.1 Å². The number of hydrogen-bond acceptors (Lipinski definition) is 4. The number of amides is 1. The molecule has 0 atom stereocenters. The van der Waals surface area contributed by atoms with Crippen molar-refractivity contribution in [2.45, 2.75) is 13.1 Å². The first kappa shape index (κ1) is 17.9. The number of rotatable bonds is 5. The van der Waals surface area contributed by atoms with Gasteiger partial charge in [-0.05, 0) is 42.0 Å². The molecule has 0 bridgehead atoms. The smallest absolute Gasteiger partial charge is 0.287 e. The van der Waals surface area contributed by atoms with Crippen LogP contribution in [0, 0.1) is 0 Å². The SMILES string of the molecule is O=C(NCc1ccccc1)c1ccc(Cn2c(=O)c3cccn3c3cccnc32)o1. The fourth-order valence-electron chi connectivity index (χ4n) is 3.54. The zero-order valence-corrected chi connectivity index (χ0v) is 16.0. The zero-order chi connectivity index (χ0) is 20.5. The van der Waals surface area contributed by atoms with E-state index in [-0.39, 0.29) is 23.8 Å². The maximum atomic E-state index is 13.0. The van der Waals surface area contributed by atoms with E-state index in [1.165, 1.54) is 0 Å². The van der Waals surface area contributed by atoms with Crippen LogP contribution in [0.1, 0.15) is 21.9 Å². The minimum Gasteiger partial charge on any atom is -0.454 e. The number of nitrogens with zero attached hydrogens (tertiary/aromatic N) is 3. The first-order valence-corrected chi connectivity index (χ1v) is 9.56. The molecule has 0 unspecified atom stereocenters. The highest BCUT2D eigenvalue weighted by Gasteiger charge is 2.15. The third-order valence-electron chi connectivity index (χ3n) is 4.99. The molecule has 1 amide bonds. The van der Waals surface area contributed by atoms with Crippen LogP contribution in [0.15, 0.2) is 88.3 Å².